The van der Waals surface area contributed by atoms with Crippen molar-refractivity contribution in [3.63, 3.8) is 0 Å². The average molecular weight is 365 g/mol. The number of para-hydroxylation sites is 1. The molecule has 24 heavy (non-hydrogen) atoms. The summed E-state index contributed by atoms with van der Waals surface area (Å²) in [5, 5.41) is 1.92. The molecular weight excluding hydrogens is 348 g/mol. The third-order valence-corrected chi connectivity index (χ3v) is 5.31. The first-order valence-electron chi connectivity index (χ1n) is 7.50. The van der Waals surface area contributed by atoms with E-state index in [1.165, 1.54) is 18.4 Å². The first kappa shape index (κ1) is 16.8. The van der Waals surface area contributed by atoms with Gasteiger partial charge >= 0.3 is 5.97 Å². The van der Waals surface area contributed by atoms with Gasteiger partial charge in [-0.25, -0.2) is 9.78 Å². The molecule has 3 rings (SSSR count). The normalized spacial score (nSPS) is 11.0. The van der Waals surface area contributed by atoms with E-state index in [1.807, 2.05) is 30.1 Å². The number of aromatic nitrogens is 1. The van der Waals surface area contributed by atoms with Gasteiger partial charge in [-0.05, 0) is 6.07 Å². The number of esters is 1. The van der Waals surface area contributed by atoms with E-state index in [2.05, 4.69) is 18.0 Å². The maximum atomic E-state index is 11.7. The maximum Gasteiger partial charge on any atom is 0.351 e. The zero-order valence-electron chi connectivity index (χ0n) is 13.6. The molecule has 2 heterocycles. The zero-order chi connectivity index (χ0) is 17.3. The molecule has 1 aromatic carbocycles. The van der Waals surface area contributed by atoms with E-state index in [-0.39, 0.29) is 5.15 Å². The van der Waals surface area contributed by atoms with Crippen LogP contribution in [0.25, 0.3) is 11.0 Å². The summed E-state index contributed by atoms with van der Waals surface area (Å²) < 4.78 is 10.6. The molecule has 0 atom stereocenters. The molecule has 0 unspecified atom stereocenters. The largest absolute Gasteiger partial charge is 0.465 e. The molecule has 0 bridgehead atoms. The molecule has 0 radical (unpaired) electrons. The van der Waals surface area contributed by atoms with E-state index in [1.54, 1.807) is 0 Å². The van der Waals surface area contributed by atoms with Crippen LogP contribution in [0.1, 0.15) is 27.9 Å². The van der Waals surface area contributed by atoms with Gasteiger partial charge in [-0.15, -0.1) is 0 Å². The highest BCUT2D eigenvalue weighted by molar-refractivity contribution is 7.18. The second-order valence-corrected chi connectivity index (χ2v) is 6.65. The molecule has 0 aliphatic heterocycles. The van der Waals surface area contributed by atoms with Crippen molar-refractivity contribution in [3.8, 4) is 0 Å². The van der Waals surface area contributed by atoms with Crippen LogP contribution in [0.5, 0.6) is 0 Å². The number of furan rings is 1. The molecule has 0 N–H and O–H groups in total. The standard InChI is InChI=1S/C17H17ClN2O3S/c1-4-12-11(10-7-5-6-8-13(10)23-12)9-20(2)17-19-15(18)14(24-17)16(21)22-3/h5-8H,4,9H2,1-3H3. The van der Waals surface area contributed by atoms with Crippen LogP contribution in [0.2, 0.25) is 5.15 Å². The van der Waals surface area contributed by atoms with Crippen LogP contribution in [0.4, 0.5) is 5.13 Å². The summed E-state index contributed by atoms with van der Waals surface area (Å²) in [7, 11) is 3.24. The number of carbonyl (C=O) groups is 1. The van der Waals surface area contributed by atoms with Gasteiger partial charge < -0.3 is 14.1 Å². The predicted molar refractivity (Wildman–Crippen MR) is 96.2 cm³/mol. The first-order valence-corrected chi connectivity index (χ1v) is 8.69. The van der Waals surface area contributed by atoms with Crippen LogP contribution < -0.4 is 4.90 Å². The van der Waals surface area contributed by atoms with Gasteiger partial charge in [0.1, 0.15) is 11.3 Å². The molecule has 0 aliphatic rings. The minimum absolute atomic E-state index is 0.168. The van der Waals surface area contributed by atoms with Gasteiger partial charge in [0.2, 0.25) is 0 Å². The number of rotatable bonds is 5. The number of fused-ring (bicyclic) bond motifs is 1. The van der Waals surface area contributed by atoms with Crippen molar-refractivity contribution < 1.29 is 13.9 Å². The number of carbonyl (C=O) groups excluding carboxylic acids is 1. The van der Waals surface area contributed by atoms with E-state index >= 15 is 0 Å². The fourth-order valence-corrected chi connectivity index (χ4v) is 3.75. The highest BCUT2D eigenvalue weighted by Crippen LogP contribution is 2.33. The third-order valence-electron chi connectivity index (χ3n) is 3.77. The first-order chi connectivity index (χ1) is 11.5. The number of methoxy groups -OCH3 is 1. The lowest BCUT2D eigenvalue weighted by Crippen LogP contribution is -2.16. The zero-order valence-corrected chi connectivity index (χ0v) is 15.2. The Labute approximate surface area is 148 Å². The summed E-state index contributed by atoms with van der Waals surface area (Å²) in [5.74, 6) is 0.485. The molecule has 126 valence electrons. The van der Waals surface area contributed by atoms with Crippen LogP contribution in [-0.2, 0) is 17.7 Å². The van der Waals surface area contributed by atoms with Crippen molar-refractivity contribution in [2.75, 3.05) is 19.1 Å². The molecule has 5 nitrogen and oxygen atoms in total. The number of thiazole rings is 1. The lowest BCUT2D eigenvalue weighted by atomic mass is 10.1. The van der Waals surface area contributed by atoms with Crippen LogP contribution in [0.15, 0.2) is 28.7 Å². The molecule has 0 aliphatic carbocycles. The Hall–Kier alpha value is -2.05. The summed E-state index contributed by atoms with van der Waals surface area (Å²) in [5.41, 5.74) is 2.01. The minimum atomic E-state index is -0.472. The lowest BCUT2D eigenvalue weighted by molar-refractivity contribution is 0.0606. The van der Waals surface area contributed by atoms with Crippen molar-refractivity contribution in [2.24, 2.45) is 0 Å². The van der Waals surface area contributed by atoms with Gasteiger partial charge in [0.15, 0.2) is 15.2 Å². The molecular formula is C17H17ClN2O3S. The monoisotopic (exact) mass is 364 g/mol. The fraction of sp³-hybridized carbons (Fsp3) is 0.294. The average Bonchev–Trinajstić information content (AvgIpc) is 3.15. The summed E-state index contributed by atoms with van der Waals surface area (Å²) >= 11 is 7.27. The Morgan fingerprint density at radius 1 is 1.42 bits per heavy atom. The number of halogens is 1. The van der Waals surface area contributed by atoms with E-state index < -0.39 is 5.97 Å². The van der Waals surface area contributed by atoms with Crippen molar-refractivity contribution in [3.05, 3.63) is 45.6 Å². The number of hydrogen-bond acceptors (Lipinski definition) is 6. The topological polar surface area (TPSA) is 55.6 Å². The van der Waals surface area contributed by atoms with E-state index in [9.17, 15) is 4.79 Å². The fourth-order valence-electron chi connectivity index (χ4n) is 2.59. The number of ether oxygens (including phenoxy) is 1. The second-order valence-electron chi connectivity index (χ2n) is 5.32. The molecule has 7 heteroatoms. The number of hydrogen-bond donors (Lipinski definition) is 0. The Morgan fingerprint density at radius 2 is 2.17 bits per heavy atom. The molecule has 0 amide bonds. The van der Waals surface area contributed by atoms with Crippen LogP contribution in [-0.4, -0.2) is 25.1 Å². The van der Waals surface area contributed by atoms with Crippen LogP contribution >= 0.6 is 22.9 Å². The van der Waals surface area contributed by atoms with E-state index in [0.29, 0.717) is 16.6 Å². The molecule has 0 saturated carbocycles. The number of nitrogens with zero attached hydrogens (tertiary/aromatic N) is 2. The molecule has 0 fully saturated rings. The minimum Gasteiger partial charge on any atom is -0.465 e. The lowest BCUT2D eigenvalue weighted by Gasteiger charge is -2.15. The van der Waals surface area contributed by atoms with Gasteiger partial charge in [-0.3, -0.25) is 0 Å². The summed E-state index contributed by atoms with van der Waals surface area (Å²) in [6.07, 6.45) is 0.809. The summed E-state index contributed by atoms with van der Waals surface area (Å²) in [4.78, 5) is 18.2. The Balaban J connectivity index is 1.93. The van der Waals surface area contributed by atoms with Gasteiger partial charge in [0.25, 0.3) is 0 Å². The van der Waals surface area contributed by atoms with Crippen LogP contribution in [0, 0.1) is 0 Å². The molecule has 2 aromatic heterocycles. The van der Waals surface area contributed by atoms with Crippen molar-refractivity contribution in [1.29, 1.82) is 0 Å². The van der Waals surface area contributed by atoms with E-state index in [4.69, 9.17) is 20.8 Å². The Bertz CT molecular complexity index is 887. The number of benzene rings is 1. The van der Waals surface area contributed by atoms with Crippen molar-refractivity contribution >= 4 is 45.0 Å². The van der Waals surface area contributed by atoms with Gasteiger partial charge in [0, 0.05) is 31.0 Å². The Kier molecular flexibility index (Phi) is 4.78. The number of aryl methyl sites for hydroxylation is 1. The van der Waals surface area contributed by atoms with Gasteiger partial charge in [-0.2, -0.15) is 0 Å². The quantitative estimate of drug-likeness (QED) is 0.622. The summed E-state index contributed by atoms with van der Waals surface area (Å²) in [6, 6.07) is 7.97. The van der Waals surface area contributed by atoms with Crippen LogP contribution in [0.3, 0.4) is 0 Å². The molecule has 3 aromatic rings. The molecule has 0 spiro atoms. The van der Waals surface area contributed by atoms with Gasteiger partial charge in [-0.1, -0.05) is 48.1 Å². The molecule has 0 saturated heterocycles. The second kappa shape index (κ2) is 6.83. The number of anilines is 1. The summed E-state index contributed by atoms with van der Waals surface area (Å²) in [6.45, 7) is 2.68. The van der Waals surface area contributed by atoms with E-state index in [0.717, 1.165) is 28.7 Å². The SMILES string of the molecule is CCc1oc2ccccc2c1CN(C)c1nc(Cl)c(C(=O)OC)s1. The van der Waals surface area contributed by atoms with Crippen molar-refractivity contribution in [1.82, 2.24) is 4.98 Å². The smallest absolute Gasteiger partial charge is 0.351 e. The Morgan fingerprint density at radius 3 is 2.88 bits per heavy atom. The highest BCUT2D eigenvalue weighted by Gasteiger charge is 2.21. The predicted octanol–water partition coefficient (Wildman–Crippen LogP) is 4.53. The highest BCUT2D eigenvalue weighted by atomic mass is 35.5. The third kappa shape index (κ3) is 2.99. The van der Waals surface area contributed by atoms with Crippen molar-refractivity contribution in [2.45, 2.75) is 19.9 Å². The maximum absolute atomic E-state index is 11.7. The van der Waals surface area contributed by atoms with Gasteiger partial charge in [0.05, 0.1) is 7.11 Å².